The Labute approximate surface area is 159 Å². The minimum atomic E-state index is -0.0958. The molecule has 1 aromatic heterocycles. The molecule has 0 aliphatic carbocycles. The van der Waals surface area contributed by atoms with Crippen molar-refractivity contribution in [2.45, 2.75) is 13.8 Å². The lowest BCUT2D eigenvalue weighted by Gasteiger charge is -2.08. The van der Waals surface area contributed by atoms with Crippen molar-refractivity contribution in [3.05, 3.63) is 46.2 Å². The minimum absolute atomic E-state index is 0. The average molecular weight is 387 g/mol. The first-order chi connectivity index (χ1) is 11.5. The number of halogens is 2. The molecular weight excluding hydrogens is 363 g/mol. The predicted octanol–water partition coefficient (Wildman–Crippen LogP) is 2.53. The number of hydrogen-bond donors (Lipinski definition) is 2. The summed E-state index contributed by atoms with van der Waals surface area (Å²) in [5.41, 5.74) is 3.16. The summed E-state index contributed by atoms with van der Waals surface area (Å²) in [4.78, 5) is 12.1. The summed E-state index contributed by atoms with van der Waals surface area (Å²) in [7, 11) is 1.66. The highest BCUT2D eigenvalue weighted by molar-refractivity contribution is 6.31. The molecular formula is C17H24Cl2N4O2. The lowest BCUT2D eigenvalue weighted by atomic mass is 10.2. The van der Waals surface area contributed by atoms with E-state index < -0.39 is 0 Å². The van der Waals surface area contributed by atoms with Gasteiger partial charge in [0.25, 0.3) is 5.91 Å². The van der Waals surface area contributed by atoms with E-state index >= 15 is 0 Å². The average Bonchev–Trinajstić information content (AvgIpc) is 2.85. The summed E-state index contributed by atoms with van der Waals surface area (Å²) in [6.07, 6.45) is 0. The van der Waals surface area contributed by atoms with Crippen molar-refractivity contribution in [2.75, 3.05) is 33.4 Å². The van der Waals surface area contributed by atoms with Gasteiger partial charge >= 0.3 is 0 Å². The molecule has 1 amide bonds. The van der Waals surface area contributed by atoms with E-state index in [2.05, 4.69) is 15.7 Å². The molecule has 0 spiro atoms. The van der Waals surface area contributed by atoms with Crippen LogP contribution in [0.3, 0.4) is 0 Å². The van der Waals surface area contributed by atoms with Gasteiger partial charge in [-0.3, -0.25) is 4.79 Å². The molecule has 8 heteroatoms. The van der Waals surface area contributed by atoms with Gasteiger partial charge in [0.05, 0.1) is 28.7 Å². The first kappa shape index (κ1) is 21.4. The van der Waals surface area contributed by atoms with Crippen molar-refractivity contribution in [1.82, 2.24) is 20.4 Å². The summed E-state index contributed by atoms with van der Waals surface area (Å²) in [6, 6.07) is 7.30. The number of benzene rings is 1. The van der Waals surface area contributed by atoms with Crippen molar-refractivity contribution in [3.63, 3.8) is 0 Å². The normalized spacial score (nSPS) is 10.4. The summed E-state index contributed by atoms with van der Waals surface area (Å²) in [5.74, 6) is -0.0958. The molecule has 0 saturated heterocycles. The van der Waals surface area contributed by atoms with E-state index in [4.69, 9.17) is 16.3 Å². The lowest BCUT2D eigenvalue weighted by Crippen LogP contribution is -2.33. The fourth-order valence-electron chi connectivity index (χ4n) is 2.29. The van der Waals surface area contributed by atoms with Gasteiger partial charge in [-0.25, -0.2) is 4.68 Å². The molecule has 0 saturated carbocycles. The smallest absolute Gasteiger partial charge is 0.251 e. The molecule has 1 heterocycles. The monoisotopic (exact) mass is 386 g/mol. The highest BCUT2D eigenvalue weighted by atomic mass is 35.5. The highest BCUT2D eigenvalue weighted by Crippen LogP contribution is 2.22. The molecule has 0 unspecified atom stereocenters. The maximum Gasteiger partial charge on any atom is 0.251 e. The number of rotatable bonds is 8. The van der Waals surface area contributed by atoms with Gasteiger partial charge in [0.15, 0.2) is 0 Å². The Kier molecular flexibility index (Phi) is 8.92. The molecule has 0 radical (unpaired) electrons. The van der Waals surface area contributed by atoms with Crippen LogP contribution < -0.4 is 10.6 Å². The van der Waals surface area contributed by atoms with Gasteiger partial charge in [0, 0.05) is 32.3 Å². The zero-order chi connectivity index (χ0) is 17.5. The third kappa shape index (κ3) is 5.71. The molecule has 25 heavy (non-hydrogen) atoms. The quantitative estimate of drug-likeness (QED) is 0.684. The first-order valence-corrected chi connectivity index (χ1v) is 8.22. The molecule has 0 aliphatic rings. The summed E-state index contributed by atoms with van der Waals surface area (Å²) in [5, 5.41) is 11.1. The van der Waals surface area contributed by atoms with E-state index in [0.717, 1.165) is 23.6 Å². The van der Waals surface area contributed by atoms with Gasteiger partial charge in [-0.05, 0) is 38.1 Å². The molecule has 2 aromatic rings. The van der Waals surface area contributed by atoms with Gasteiger partial charge in [0.1, 0.15) is 0 Å². The topological polar surface area (TPSA) is 68.2 Å². The molecule has 0 fully saturated rings. The molecule has 1 aromatic carbocycles. The predicted molar refractivity (Wildman–Crippen MR) is 102 cm³/mol. The molecule has 2 N–H and O–H groups in total. The summed E-state index contributed by atoms with van der Waals surface area (Å²) < 4.78 is 6.72. The van der Waals surface area contributed by atoms with E-state index in [1.807, 2.05) is 26.0 Å². The van der Waals surface area contributed by atoms with Crippen LogP contribution in [0.25, 0.3) is 5.69 Å². The largest absolute Gasteiger partial charge is 0.383 e. The van der Waals surface area contributed by atoms with Crippen LogP contribution in [0.2, 0.25) is 5.02 Å². The maximum atomic E-state index is 12.1. The standard InChI is InChI=1S/C17H23ClN4O2.ClH/c1-12-16(18)13(2)22(21-12)15-6-4-14(5-7-15)17(23)20-9-8-19-10-11-24-3;/h4-7,19H,8-11H2,1-3H3,(H,20,23);1H. The van der Waals surface area contributed by atoms with Crippen LogP contribution in [-0.4, -0.2) is 49.0 Å². The van der Waals surface area contributed by atoms with Crippen molar-refractivity contribution < 1.29 is 9.53 Å². The maximum absolute atomic E-state index is 12.1. The van der Waals surface area contributed by atoms with E-state index in [1.165, 1.54) is 0 Å². The Morgan fingerprint density at radius 3 is 2.44 bits per heavy atom. The Balaban J connectivity index is 0.00000312. The zero-order valence-corrected chi connectivity index (χ0v) is 16.2. The number of hydrogen-bond acceptors (Lipinski definition) is 4. The van der Waals surface area contributed by atoms with Crippen molar-refractivity contribution in [2.24, 2.45) is 0 Å². The Bertz CT molecular complexity index is 687. The van der Waals surface area contributed by atoms with E-state index in [9.17, 15) is 4.79 Å². The summed E-state index contributed by atoms with van der Waals surface area (Å²) in [6.45, 7) is 6.49. The number of methoxy groups -OCH3 is 1. The van der Waals surface area contributed by atoms with Gasteiger partial charge in [-0.1, -0.05) is 11.6 Å². The van der Waals surface area contributed by atoms with Crippen LogP contribution in [0.4, 0.5) is 0 Å². The lowest BCUT2D eigenvalue weighted by molar-refractivity contribution is 0.0953. The highest BCUT2D eigenvalue weighted by Gasteiger charge is 2.11. The van der Waals surface area contributed by atoms with Crippen molar-refractivity contribution in [3.8, 4) is 5.69 Å². The number of amides is 1. The fraction of sp³-hybridized carbons (Fsp3) is 0.412. The van der Waals surface area contributed by atoms with Gasteiger partial charge in [-0.2, -0.15) is 5.10 Å². The second-order valence-corrected chi connectivity index (χ2v) is 5.82. The number of carbonyl (C=O) groups excluding carboxylic acids is 1. The van der Waals surface area contributed by atoms with E-state index in [1.54, 1.807) is 23.9 Å². The number of aromatic nitrogens is 2. The van der Waals surface area contributed by atoms with E-state index in [0.29, 0.717) is 30.3 Å². The van der Waals surface area contributed by atoms with Crippen molar-refractivity contribution >= 4 is 29.9 Å². The van der Waals surface area contributed by atoms with Gasteiger partial charge in [0.2, 0.25) is 0 Å². The Morgan fingerprint density at radius 2 is 1.88 bits per heavy atom. The number of aryl methyl sites for hydroxylation is 1. The molecule has 0 aliphatic heterocycles. The van der Waals surface area contributed by atoms with E-state index in [-0.39, 0.29) is 18.3 Å². The van der Waals surface area contributed by atoms with Crippen LogP contribution >= 0.6 is 24.0 Å². The third-order valence-electron chi connectivity index (χ3n) is 3.65. The molecule has 138 valence electrons. The number of nitrogens with one attached hydrogen (secondary N) is 2. The van der Waals surface area contributed by atoms with Crippen molar-refractivity contribution in [1.29, 1.82) is 0 Å². The SMILES string of the molecule is COCCNCCNC(=O)c1ccc(-n2nc(C)c(Cl)c2C)cc1.Cl. The van der Waals surface area contributed by atoms with Gasteiger partial charge < -0.3 is 15.4 Å². The third-order valence-corrected chi connectivity index (χ3v) is 4.19. The van der Waals surface area contributed by atoms with Crippen LogP contribution in [0.5, 0.6) is 0 Å². The molecule has 6 nitrogen and oxygen atoms in total. The van der Waals surface area contributed by atoms with Crippen LogP contribution in [0.15, 0.2) is 24.3 Å². The minimum Gasteiger partial charge on any atom is -0.383 e. The Hall–Kier alpha value is -1.60. The number of ether oxygens (including phenoxy) is 1. The van der Waals surface area contributed by atoms with Gasteiger partial charge in [-0.15, -0.1) is 12.4 Å². The molecule has 0 bridgehead atoms. The second kappa shape index (κ2) is 10.4. The second-order valence-electron chi connectivity index (χ2n) is 5.44. The zero-order valence-electron chi connectivity index (χ0n) is 14.6. The molecule has 2 rings (SSSR count). The fourth-order valence-corrected chi connectivity index (χ4v) is 2.41. The first-order valence-electron chi connectivity index (χ1n) is 7.84. The number of carbonyl (C=O) groups is 1. The Morgan fingerprint density at radius 1 is 1.20 bits per heavy atom. The van der Waals surface area contributed by atoms with Crippen LogP contribution in [0, 0.1) is 13.8 Å². The number of nitrogens with zero attached hydrogens (tertiary/aromatic N) is 2. The summed E-state index contributed by atoms with van der Waals surface area (Å²) >= 11 is 6.17. The van der Waals surface area contributed by atoms with Crippen LogP contribution in [-0.2, 0) is 4.74 Å². The molecule has 0 atom stereocenters. The van der Waals surface area contributed by atoms with Crippen LogP contribution in [0.1, 0.15) is 21.7 Å².